The normalized spacial score (nSPS) is 13.2. The lowest BCUT2D eigenvalue weighted by molar-refractivity contribution is -0.389. The number of ether oxygens (including phenoxy) is 1. The molecule has 0 N–H and O–H groups in total. The highest BCUT2D eigenvalue weighted by atomic mass is 79.9. The summed E-state index contributed by atoms with van der Waals surface area (Å²) in [6.07, 6.45) is 0. The van der Waals surface area contributed by atoms with Crippen LogP contribution in [0.2, 0.25) is 0 Å². The van der Waals surface area contributed by atoms with Crippen molar-refractivity contribution in [3.63, 3.8) is 0 Å². The Kier molecular flexibility index (Phi) is 4.26. The Morgan fingerprint density at radius 3 is 2.67 bits per heavy atom. The second-order valence-electron chi connectivity index (χ2n) is 4.95. The van der Waals surface area contributed by atoms with E-state index in [2.05, 4.69) is 20.9 Å². The van der Waals surface area contributed by atoms with E-state index in [0.717, 1.165) is 9.37 Å². The number of carbonyl (C=O) groups is 2. The molecule has 2 aromatic rings. The molecule has 0 saturated carbocycles. The predicted octanol–water partition coefficient (Wildman–Crippen LogP) is 2.36. The van der Waals surface area contributed by atoms with Crippen LogP contribution in [0.4, 0.5) is 11.6 Å². The molecule has 0 unspecified atom stereocenters. The molecule has 0 atom stereocenters. The first kappa shape index (κ1) is 16.1. The molecule has 1 aliphatic heterocycles. The molecule has 8 nitrogen and oxygen atoms in total. The molecule has 3 rings (SSSR count). The molecule has 0 radical (unpaired) electrons. The number of nitro groups is 1. The minimum Gasteiger partial charge on any atom is -0.477 e. The zero-order valence-corrected chi connectivity index (χ0v) is 13.7. The van der Waals surface area contributed by atoms with Crippen LogP contribution in [0.15, 0.2) is 40.9 Å². The summed E-state index contributed by atoms with van der Waals surface area (Å²) in [5, 5.41) is 10.9. The summed E-state index contributed by atoms with van der Waals surface area (Å²) in [6.45, 7) is -0.523. The molecule has 2 heterocycles. The number of amides is 1. The van der Waals surface area contributed by atoms with Crippen molar-refractivity contribution in [2.75, 3.05) is 18.1 Å². The number of hydrogen-bond donors (Lipinski definition) is 0. The summed E-state index contributed by atoms with van der Waals surface area (Å²) in [6, 6.07) is 9.22. The fraction of sp³-hybridized carbons (Fsp3) is 0.133. The van der Waals surface area contributed by atoms with Gasteiger partial charge in [0.05, 0.1) is 6.54 Å². The average Bonchev–Trinajstić information content (AvgIpc) is 2.57. The summed E-state index contributed by atoms with van der Waals surface area (Å²) in [5.74, 6) is -1.01. The quantitative estimate of drug-likeness (QED) is 0.450. The molecule has 1 aromatic carbocycles. The summed E-state index contributed by atoms with van der Waals surface area (Å²) in [5.41, 5.74) is 0.421. The van der Waals surface area contributed by atoms with Gasteiger partial charge in [0, 0.05) is 16.1 Å². The van der Waals surface area contributed by atoms with Crippen LogP contribution < -0.4 is 9.64 Å². The number of benzene rings is 1. The van der Waals surface area contributed by atoms with Crippen LogP contribution in [0.3, 0.4) is 0 Å². The maximum Gasteiger partial charge on any atom is 0.366 e. The molecule has 0 saturated heterocycles. The number of hydrogen-bond acceptors (Lipinski definition) is 6. The van der Waals surface area contributed by atoms with Gasteiger partial charge in [0.1, 0.15) is 0 Å². The molecule has 0 bridgehead atoms. The van der Waals surface area contributed by atoms with Crippen molar-refractivity contribution in [2.45, 2.75) is 0 Å². The molecular formula is C15H10BrN3O5. The van der Waals surface area contributed by atoms with E-state index in [1.165, 1.54) is 12.1 Å². The lowest BCUT2D eigenvalue weighted by Gasteiger charge is -2.24. The van der Waals surface area contributed by atoms with Gasteiger partial charge in [-0.15, -0.1) is 0 Å². The molecule has 0 spiro atoms. The van der Waals surface area contributed by atoms with Crippen molar-refractivity contribution in [2.24, 2.45) is 0 Å². The van der Waals surface area contributed by atoms with Crippen LogP contribution >= 0.6 is 15.9 Å². The Labute approximate surface area is 144 Å². The number of halogens is 1. The van der Waals surface area contributed by atoms with Crippen molar-refractivity contribution in [3.8, 4) is 5.75 Å². The van der Waals surface area contributed by atoms with Gasteiger partial charge >= 0.3 is 5.82 Å². The van der Waals surface area contributed by atoms with Gasteiger partial charge in [-0.3, -0.25) is 14.5 Å². The van der Waals surface area contributed by atoms with Gasteiger partial charge in [0.25, 0.3) is 11.7 Å². The van der Waals surface area contributed by atoms with Crippen molar-refractivity contribution in [1.29, 1.82) is 0 Å². The molecule has 0 fully saturated rings. The third kappa shape index (κ3) is 3.11. The van der Waals surface area contributed by atoms with Crippen LogP contribution in [0.25, 0.3) is 0 Å². The van der Waals surface area contributed by atoms with Crippen LogP contribution in [-0.2, 0) is 4.79 Å². The zero-order valence-electron chi connectivity index (χ0n) is 12.1. The molecule has 0 aliphatic carbocycles. The largest absolute Gasteiger partial charge is 0.477 e. The Balaban J connectivity index is 1.92. The lowest BCUT2D eigenvalue weighted by Crippen LogP contribution is -2.42. The minimum atomic E-state index is -0.673. The number of fused-ring (bicyclic) bond motifs is 1. The summed E-state index contributed by atoms with van der Waals surface area (Å²) >= 11 is 3.28. The minimum absolute atomic E-state index is 0.0223. The van der Waals surface area contributed by atoms with E-state index in [1.807, 2.05) is 0 Å². The molecule has 24 heavy (non-hydrogen) atoms. The maximum absolute atomic E-state index is 12.4. The summed E-state index contributed by atoms with van der Waals surface area (Å²) in [4.78, 5) is 39.6. The number of ketones is 1. The Bertz CT molecular complexity index is 838. The third-order valence-corrected chi connectivity index (χ3v) is 3.92. The Morgan fingerprint density at radius 2 is 2.00 bits per heavy atom. The first-order chi connectivity index (χ1) is 11.5. The fourth-order valence-corrected chi connectivity index (χ4v) is 2.47. The average molecular weight is 392 g/mol. The highest BCUT2D eigenvalue weighted by molar-refractivity contribution is 9.10. The van der Waals surface area contributed by atoms with Crippen LogP contribution in [0.5, 0.6) is 5.75 Å². The Hall–Kier alpha value is -2.81. The van der Waals surface area contributed by atoms with E-state index < -0.39 is 16.6 Å². The van der Waals surface area contributed by atoms with Crippen LogP contribution in [0, 0.1) is 10.1 Å². The second-order valence-corrected chi connectivity index (χ2v) is 5.86. The number of carbonyl (C=O) groups excluding carboxylic acids is 2. The van der Waals surface area contributed by atoms with Gasteiger partial charge in [-0.25, -0.2) is 0 Å². The van der Waals surface area contributed by atoms with E-state index in [0.29, 0.717) is 5.56 Å². The number of rotatable bonds is 4. The fourth-order valence-electron chi connectivity index (χ4n) is 2.20. The van der Waals surface area contributed by atoms with Crippen LogP contribution in [-0.4, -0.2) is 34.7 Å². The second kappa shape index (κ2) is 6.36. The molecule has 1 aliphatic rings. The van der Waals surface area contributed by atoms with Crippen molar-refractivity contribution < 1.29 is 19.2 Å². The molecule has 9 heteroatoms. The smallest absolute Gasteiger partial charge is 0.366 e. The van der Waals surface area contributed by atoms with E-state index >= 15 is 0 Å². The summed E-state index contributed by atoms with van der Waals surface area (Å²) in [7, 11) is 0. The first-order valence-electron chi connectivity index (χ1n) is 6.83. The molecule has 1 amide bonds. The summed E-state index contributed by atoms with van der Waals surface area (Å²) < 4.78 is 6.03. The standard InChI is InChI=1S/C15H10BrN3O5/c16-10-3-1-9(2-4-10)11(20)7-18-14(21)8-24-12-5-6-13(19(22)23)17-15(12)18/h1-6H,7-8H2. The van der Waals surface area contributed by atoms with Crippen LogP contribution in [0.1, 0.15) is 10.4 Å². The van der Waals surface area contributed by atoms with E-state index in [1.54, 1.807) is 24.3 Å². The highest BCUT2D eigenvalue weighted by Gasteiger charge is 2.33. The maximum atomic E-state index is 12.4. The van der Waals surface area contributed by atoms with Gasteiger partial charge in [-0.2, -0.15) is 0 Å². The number of nitrogens with zero attached hydrogens (tertiary/aromatic N) is 3. The van der Waals surface area contributed by atoms with E-state index in [-0.39, 0.29) is 30.5 Å². The van der Waals surface area contributed by atoms with Gasteiger partial charge in [-0.1, -0.05) is 28.1 Å². The highest BCUT2D eigenvalue weighted by Crippen LogP contribution is 2.32. The van der Waals surface area contributed by atoms with E-state index in [4.69, 9.17) is 4.74 Å². The SMILES string of the molecule is O=C(CN1C(=O)COc2ccc([N+](=O)[O-])nc21)c1ccc(Br)cc1. The number of Topliss-reactive ketones (excluding diaryl/α,β-unsaturated/α-hetero) is 1. The zero-order chi connectivity index (χ0) is 17.3. The van der Waals surface area contributed by atoms with Crippen molar-refractivity contribution in [3.05, 3.63) is 56.5 Å². The Morgan fingerprint density at radius 1 is 1.29 bits per heavy atom. The van der Waals surface area contributed by atoms with Crippen molar-refractivity contribution in [1.82, 2.24) is 4.98 Å². The number of pyridine rings is 1. The third-order valence-electron chi connectivity index (χ3n) is 3.39. The monoisotopic (exact) mass is 391 g/mol. The van der Waals surface area contributed by atoms with E-state index in [9.17, 15) is 19.7 Å². The van der Waals surface area contributed by atoms with Gasteiger partial charge < -0.3 is 14.9 Å². The van der Waals surface area contributed by atoms with Gasteiger partial charge in [-0.05, 0) is 28.1 Å². The number of aromatic nitrogens is 1. The van der Waals surface area contributed by atoms with Gasteiger partial charge in [0.15, 0.2) is 18.1 Å². The number of anilines is 1. The predicted molar refractivity (Wildman–Crippen MR) is 87.2 cm³/mol. The first-order valence-corrected chi connectivity index (χ1v) is 7.62. The van der Waals surface area contributed by atoms with Gasteiger partial charge in [0.2, 0.25) is 0 Å². The topological polar surface area (TPSA) is 103 Å². The van der Waals surface area contributed by atoms with Crippen molar-refractivity contribution >= 4 is 39.3 Å². The molecule has 1 aromatic heterocycles. The molecule has 122 valence electrons. The molecular weight excluding hydrogens is 382 g/mol. The lowest BCUT2D eigenvalue weighted by atomic mass is 10.1.